The van der Waals surface area contributed by atoms with Crippen LogP contribution >= 0.6 is 23.6 Å². The van der Waals surface area contributed by atoms with Gasteiger partial charge in [-0.25, -0.2) is 0 Å². The summed E-state index contributed by atoms with van der Waals surface area (Å²) in [5.41, 5.74) is 7.55. The largest absolute Gasteiger partial charge is 0.491 e. The van der Waals surface area contributed by atoms with Gasteiger partial charge in [0.1, 0.15) is 10.8 Å². The number of hydrogen-bond donors (Lipinski definition) is 3. The average Bonchev–Trinajstić information content (AvgIpc) is 2.98. The minimum Gasteiger partial charge on any atom is -0.491 e. The molecule has 2 aromatic rings. The third-order valence-corrected chi connectivity index (χ3v) is 6.05. The first-order valence-electron chi connectivity index (χ1n) is 9.58. The molecular formula is C21H25N3O3S2. The molecule has 1 aromatic carbocycles. The molecule has 1 aromatic heterocycles. The van der Waals surface area contributed by atoms with Crippen molar-refractivity contribution in [2.24, 2.45) is 11.7 Å². The number of thiophene rings is 1. The van der Waals surface area contributed by atoms with E-state index in [4.69, 9.17) is 22.7 Å². The highest BCUT2D eigenvalue weighted by molar-refractivity contribution is 7.80. The van der Waals surface area contributed by atoms with Gasteiger partial charge in [-0.1, -0.05) is 13.0 Å². The maximum absolute atomic E-state index is 12.6. The van der Waals surface area contributed by atoms with E-state index in [0.717, 1.165) is 29.7 Å². The monoisotopic (exact) mass is 431 g/mol. The summed E-state index contributed by atoms with van der Waals surface area (Å²) >= 11 is 6.79. The van der Waals surface area contributed by atoms with Gasteiger partial charge < -0.3 is 15.8 Å². The molecule has 1 atom stereocenters. The first kappa shape index (κ1) is 21.3. The van der Waals surface area contributed by atoms with E-state index in [2.05, 4.69) is 17.6 Å². The van der Waals surface area contributed by atoms with E-state index in [-0.39, 0.29) is 17.1 Å². The fourth-order valence-corrected chi connectivity index (χ4v) is 5.07. The number of ether oxygens (including phenoxy) is 1. The molecule has 0 radical (unpaired) electrons. The van der Waals surface area contributed by atoms with Crippen molar-refractivity contribution in [1.29, 1.82) is 0 Å². The quantitative estimate of drug-likeness (QED) is 0.625. The number of anilines is 1. The molecule has 8 heteroatoms. The van der Waals surface area contributed by atoms with Gasteiger partial charge >= 0.3 is 0 Å². The lowest BCUT2D eigenvalue weighted by Gasteiger charge is -2.18. The Bertz CT molecular complexity index is 953. The van der Waals surface area contributed by atoms with Gasteiger partial charge in [0, 0.05) is 10.4 Å². The smallest absolute Gasteiger partial charge is 0.257 e. The number of amides is 2. The number of nitrogens with two attached hydrogens (primary N) is 1. The number of fused-ring (bicyclic) bond motifs is 1. The minimum absolute atomic E-state index is 0.0101. The van der Waals surface area contributed by atoms with Crippen LogP contribution in [0.15, 0.2) is 24.3 Å². The van der Waals surface area contributed by atoms with Crippen LogP contribution in [0.3, 0.4) is 0 Å². The Kier molecular flexibility index (Phi) is 6.54. The van der Waals surface area contributed by atoms with E-state index in [0.29, 0.717) is 27.8 Å². The number of nitrogens with one attached hydrogen (secondary N) is 2. The molecule has 1 aliphatic carbocycles. The summed E-state index contributed by atoms with van der Waals surface area (Å²) in [4.78, 5) is 25.7. The summed E-state index contributed by atoms with van der Waals surface area (Å²) in [5, 5.41) is 6.38. The van der Waals surface area contributed by atoms with Crippen molar-refractivity contribution in [3.63, 3.8) is 0 Å². The summed E-state index contributed by atoms with van der Waals surface area (Å²) in [7, 11) is 0. The second-order valence-electron chi connectivity index (χ2n) is 7.52. The number of thiocarbonyl (C=S) groups is 1. The van der Waals surface area contributed by atoms with Crippen LogP contribution < -0.4 is 21.1 Å². The van der Waals surface area contributed by atoms with E-state index < -0.39 is 5.91 Å². The number of rotatable bonds is 5. The summed E-state index contributed by atoms with van der Waals surface area (Å²) in [6.45, 7) is 6.04. The summed E-state index contributed by atoms with van der Waals surface area (Å²) in [6.07, 6.45) is 2.79. The Morgan fingerprint density at radius 2 is 2.10 bits per heavy atom. The number of hydrogen-bond acceptors (Lipinski definition) is 5. The van der Waals surface area contributed by atoms with Gasteiger partial charge in [-0.2, -0.15) is 0 Å². The molecule has 0 spiro atoms. The van der Waals surface area contributed by atoms with Crippen LogP contribution in [0.5, 0.6) is 5.75 Å². The Hall–Kier alpha value is -2.45. The van der Waals surface area contributed by atoms with Crippen LogP contribution in [0, 0.1) is 5.92 Å². The van der Waals surface area contributed by atoms with E-state index in [1.807, 2.05) is 13.8 Å². The normalized spacial score (nSPS) is 15.5. The molecule has 4 N–H and O–H groups in total. The molecule has 0 saturated heterocycles. The average molecular weight is 432 g/mol. The van der Waals surface area contributed by atoms with Crippen molar-refractivity contribution in [3.8, 4) is 5.75 Å². The molecule has 0 fully saturated rings. The lowest BCUT2D eigenvalue weighted by molar-refractivity contribution is 0.0975. The summed E-state index contributed by atoms with van der Waals surface area (Å²) < 4.78 is 5.62. The van der Waals surface area contributed by atoms with Crippen LogP contribution in [0.25, 0.3) is 0 Å². The number of carbonyl (C=O) groups excluding carboxylic acids is 2. The molecular weight excluding hydrogens is 406 g/mol. The van der Waals surface area contributed by atoms with E-state index in [1.54, 1.807) is 24.3 Å². The van der Waals surface area contributed by atoms with Gasteiger partial charge in [0.05, 0.1) is 11.7 Å². The molecule has 0 saturated carbocycles. The zero-order valence-electron chi connectivity index (χ0n) is 16.7. The first-order valence-corrected chi connectivity index (χ1v) is 10.8. The lowest BCUT2D eigenvalue weighted by Crippen LogP contribution is -2.34. The van der Waals surface area contributed by atoms with Crippen LogP contribution in [0.2, 0.25) is 0 Å². The zero-order valence-corrected chi connectivity index (χ0v) is 18.3. The van der Waals surface area contributed by atoms with Crippen LogP contribution in [0.1, 0.15) is 58.3 Å². The van der Waals surface area contributed by atoms with Gasteiger partial charge in [-0.15, -0.1) is 11.3 Å². The van der Waals surface area contributed by atoms with Gasteiger partial charge in [0.15, 0.2) is 5.11 Å². The third kappa shape index (κ3) is 5.13. The molecule has 154 valence electrons. The fraction of sp³-hybridized carbons (Fsp3) is 0.381. The van der Waals surface area contributed by atoms with Crippen molar-refractivity contribution in [2.45, 2.75) is 46.1 Å². The van der Waals surface area contributed by atoms with Crippen molar-refractivity contribution >= 4 is 45.5 Å². The van der Waals surface area contributed by atoms with Crippen molar-refractivity contribution in [2.75, 3.05) is 5.32 Å². The second-order valence-corrected chi connectivity index (χ2v) is 9.04. The maximum atomic E-state index is 12.6. The molecule has 0 unspecified atom stereocenters. The van der Waals surface area contributed by atoms with Crippen molar-refractivity contribution < 1.29 is 14.3 Å². The Labute approximate surface area is 179 Å². The highest BCUT2D eigenvalue weighted by atomic mass is 32.1. The predicted molar refractivity (Wildman–Crippen MR) is 120 cm³/mol. The molecule has 6 nitrogen and oxygen atoms in total. The van der Waals surface area contributed by atoms with Crippen LogP contribution in [0.4, 0.5) is 5.00 Å². The Balaban J connectivity index is 1.73. The standard InChI is InChI=1S/C21H25N3O3S2/c1-11(2)27-14-6-4-5-13(10-14)19(26)23-21(28)24-20-17(18(22)25)15-8-7-12(3)9-16(15)29-20/h4-6,10-12H,7-9H2,1-3H3,(H2,22,25)(H2,23,24,26,28)/t12-/m1/s1. The number of benzene rings is 1. The molecule has 1 heterocycles. The third-order valence-electron chi connectivity index (χ3n) is 4.68. The SMILES string of the molecule is CC(C)Oc1cccc(C(=O)NC(=S)Nc2sc3c(c2C(N)=O)CC[C@@H](C)C3)c1. The van der Waals surface area contributed by atoms with Gasteiger partial charge in [-0.05, 0) is 75.0 Å². The van der Waals surface area contributed by atoms with Gasteiger partial charge in [0.2, 0.25) is 0 Å². The fourth-order valence-electron chi connectivity index (χ4n) is 3.39. The first-order chi connectivity index (χ1) is 13.7. The molecule has 3 rings (SSSR count). The Morgan fingerprint density at radius 1 is 1.34 bits per heavy atom. The zero-order chi connectivity index (χ0) is 21.1. The van der Waals surface area contributed by atoms with Crippen LogP contribution in [-0.4, -0.2) is 23.0 Å². The lowest BCUT2D eigenvalue weighted by atomic mass is 9.88. The van der Waals surface area contributed by atoms with E-state index in [9.17, 15) is 9.59 Å². The van der Waals surface area contributed by atoms with Crippen molar-refractivity contribution in [1.82, 2.24) is 5.32 Å². The molecule has 0 bridgehead atoms. The van der Waals surface area contributed by atoms with E-state index in [1.165, 1.54) is 11.3 Å². The topological polar surface area (TPSA) is 93.4 Å². The molecule has 29 heavy (non-hydrogen) atoms. The summed E-state index contributed by atoms with van der Waals surface area (Å²) in [5.74, 6) is 0.351. The van der Waals surface area contributed by atoms with Gasteiger partial charge in [-0.3, -0.25) is 14.9 Å². The van der Waals surface area contributed by atoms with E-state index >= 15 is 0 Å². The molecule has 0 aliphatic heterocycles. The van der Waals surface area contributed by atoms with Gasteiger partial charge in [0.25, 0.3) is 11.8 Å². The molecule has 2 amide bonds. The van der Waals surface area contributed by atoms with Crippen molar-refractivity contribution in [3.05, 3.63) is 45.8 Å². The minimum atomic E-state index is -0.479. The number of carbonyl (C=O) groups is 2. The van der Waals surface area contributed by atoms with Crippen LogP contribution in [-0.2, 0) is 12.8 Å². The molecule has 1 aliphatic rings. The Morgan fingerprint density at radius 3 is 2.79 bits per heavy atom. The maximum Gasteiger partial charge on any atom is 0.257 e. The highest BCUT2D eigenvalue weighted by Crippen LogP contribution is 2.39. The number of primary amides is 1. The summed E-state index contributed by atoms with van der Waals surface area (Å²) in [6, 6.07) is 6.90. The second kappa shape index (κ2) is 8.92. The highest BCUT2D eigenvalue weighted by Gasteiger charge is 2.27. The predicted octanol–water partition coefficient (Wildman–Crippen LogP) is 3.89.